The Labute approximate surface area is 97.6 Å². The second kappa shape index (κ2) is 3.46. The first-order chi connectivity index (χ1) is 7.87. The fourth-order valence-corrected chi connectivity index (χ4v) is 5.01. The molecule has 0 radical (unpaired) electrons. The average Bonchev–Trinajstić information content (AvgIpc) is 2.65. The van der Waals surface area contributed by atoms with Crippen molar-refractivity contribution >= 4 is 0 Å². The van der Waals surface area contributed by atoms with Gasteiger partial charge in [0, 0.05) is 0 Å². The van der Waals surface area contributed by atoms with Gasteiger partial charge in [0.05, 0.1) is 6.10 Å². The molecule has 1 saturated heterocycles. The van der Waals surface area contributed by atoms with Crippen molar-refractivity contribution in [1.29, 1.82) is 0 Å². The van der Waals surface area contributed by atoms with E-state index in [0.717, 1.165) is 17.8 Å². The summed E-state index contributed by atoms with van der Waals surface area (Å²) in [5.41, 5.74) is 0.154. The molecule has 1 aliphatic heterocycles. The zero-order valence-electron chi connectivity index (χ0n) is 9.99. The maximum atomic E-state index is 5.93. The quantitative estimate of drug-likeness (QED) is 0.584. The van der Waals surface area contributed by atoms with Crippen LogP contribution in [0.15, 0.2) is 0 Å². The molecule has 0 aromatic heterocycles. The lowest BCUT2D eigenvalue weighted by Crippen LogP contribution is -2.54. The smallest absolute Gasteiger partial charge is 0.107 e. The molecule has 2 bridgehead atoms. The van der Waals surface area contributed by atoms with E-state index in [1.165, 1.54) is 57.8 Å². The van der Waals surface area contributed by atoms with Crippen LogP contribution >= 0.6 is 0 Å². The van der Waals surface area contributed by atoms with Crippen molar-refractivity contribution in [3.05, 3.63) is 0 Å². The van der Waals surface area contributed by atoms with Gasteiger partial charge in [0.1, 0.15) is 5.60 Å². The Morgan fingerprint density at radius 1 is 0.938 bits per heavy atom. The van der Waals surface area contributed by atoms with Crippen LogP contribution in [0.1, 0.15) is 57.8 Å². The van der Waals surface area contributed by atoms with E-state index < -0.39 is 0 Å². The number of fused-ring (bicyclic) bond motifs is 3. The molecule has 16 heavy (non-hydrogen) atoms. The highest BCUT2D eigenvalue weighted by molar-refractivity contribution is 5.04. The van der Waals surface area contributed by atoms with Gasteiger partial charge < -0.3 is 0 Å². The zero-order chi connectivity index (χ0) is 10.6. The molecule has 5 atom stereocenters. The average molecular weight is 222 g/mol. The van der Waals surface area contributed by atoms with Gasteiger partial charge in [-0.15, -0.1) is 0 Å². The van der Waals surface area contributed by atoms with Crippen LogP contribution in [-0.4, -0.2) is 11.7 Å². The van der Waals surface area contributed by atoms with Crippen LogP contribution in [0.25, 0.3) is 0 Å². The summed E-state index contributed by atoms with van der Waals surface area (Å²) in [6, 6.07) is 0. The minimum atomic E-state index is 0.154. The Bertz CT molecular complexity index is 290. The highest BCUT2D eigenvalue weighted by Gasteiger charge is 2.57. The van der Waals surface area contributed by atoms with Crippen LogP contribution in [0.3, 0.4) is 0 Å². The van der Waals surface area contributed by atoms with E-state index in [1.54, 1.807) is 0 Å². The number of hydrogen-bond donors (Lipinski definition) is 0. The summed E-state index contributed by atoms with van der Waals surface area (Å²) in [6.45, 7) is 0. The molecular formula is C14H22O2. The van der Waals surface area contributed by atoms with Crippen molar-refractivity contribution in [3.8, 4) is 0 Å². The summed E-state index contributed by atoms with van der Waals surface area (Å²) >= 11 is 0. The SMILES string of the molecule is C1CCC2C(C1)OOC13CCC(CCC21)C3. The van der Waals surface area contributed by atoms with E-state index in [2.05, 4.69) is 0 Å². The number of hydrogen-bond acceptors (Lipinski definition) is 2. The van der Waals surface area contributed by atoms with Gasteiger partial charge in [0.25, 0.3) is 0 Å². The zero-order valence-corrected chi connectivity index (χ0v) is 9.99. The first kappa shape index (κ1) is 9.90. The summed E-state index contributed by atoms with van der Waals surface area (Å²) in [4.78, 5) is 11.7. The van der Waals surface area contributed by atoms with E-state index in [9.17, 15) is 0 Å². The highest BCUT2D eigenvalue weighted by Crippen LogP contribution is 2.57. The first-order valence-corrected chi connectivity index (χ1v) is 7.22. The molecule has 4 rings (SSSR count). The third kappa shape index (κ3) is 1.26. The van der Waals surface area contributed by atoms with Crippen LogP contribution < -0.4 is 0 Å². The van der Waals surface area contributed by atoms with Crippen molar-refractivity contribution in [3.63, 3.8) is 0 Å². The molecule has 0 aromatic rings. The lowest BCUT2D eigenvalue weighted by atomic mass is 9.64. The van der Waals surface area contributed by atoms with Gasteiger partial charge in [-0.1, -0.05) is 12.8 Å². The lowest BCUT2D eigenvalue weighted by molar-refractivity contribution is -0.443. The Kier molecular flexibility index (Phi) is 2.14. The Hall–Kier alpha value is -0.0800. The summed E-state index contributed by atoms with van der Waals surface area (Å²) in [5.74, 6) is 2.59. The van der Waals surface area contributed by atoms with E-state index in [4.69, 9.17) is 9.78 Å². The second-order valence-corrected chi connectivity index (χ2v) is 6.52. The van der Waals surface area contributed by atoms with E-state index in [-0.39, 0.29) is 5.60 Å². The molecule has 2 nitrogen and oxygen atoms in total. The standard InChI is InChI=1S/C14H22O2/c1-2-4-13-11(3-1)12-6-5-10-7-8-14(12,9-10)16-15-13/h10-13H,1-9H2. The van der Waals surface area contributed by atoms with Gasteiger partial charge in [0.15, 0.2) is 0 Å². The van der Waals surface area contributed by atoms with Crippen LogP contribution in [0.5, 0.6) is 0 Å². The fraction of sp³-hybridized carbons (Fsp3) is 1.00. The molecule has 4 aliphatic rings. The first-order valence-electron chi connectivity index (χ1n) is 7.22. The number of rotatable bonds is 0. The minimum absolute atomic E-state index is 0.154. The molecule has 5 unspecified atom stereocenters. The van der Waals surface area contributed by atoms with Crippen LogP contribution in [0.2, 0.25) is 0 Å². The fourth-order valence-electron chi connectivity index (χ4n) is 5.01. The molecule has 0 aromatic carbocycles. The third-order valence-corrected chi connectivity index (χ3v) is 5.78. The highest BCUT2D eigenvalue weighted by atomic mass is 17.2. The maximum Gasteiger partial charge on any atom is 0.107 e. The van der Waals surface area contributed by atoms with E-state index in [1.807, 2.05) is 0 Å². The van der Waals surface area contributed by atoms with Crippen LogP contribution in [0, 0.1) is 17.8 Å². The molecule has 0 N–H and O–H groups in total. The Morgan fingerprint density at radius 2 is 1.88 bits per heavy atom. The van der Waals surface area contributed by atoms with E-state index in [0.29, 0.717) is 6.10 Å². The van der Waals surface area contributed by atoms with Crippen molar-refractivity contribution in [1.82, 2.24) is 0 Å². The van der Waals surface area contributed by atoms with Gasteiger partial charge in [-0.05, 0) is 62.7 Å². The topological polar surface area (TPSA) is 18.5 Å². The molecule has 1 spiro atoms. The van der Waals surface area contributed by atoms with Gasteiger partial charge in [-0.25, -0.2) is 9.78 Å². The minimum Gasteiger partial charge on any atom is -0.233 e. The molecule has 3 aliphatic carbocycles. The molecular weight excluding hydrogens is 200 g/mol. The summed E-state index contributed by atoms with van der Waals surface area (Å²) in [7, 11) is 0. The predicted octanol–water partition coefficient (Wildman–Crippen LogP) is 3.46. The van der Waals surface area contributed by atoms with Crippen LogP contribution in [-0.2, 0) is 9.78 Å². The van der Waals surface area contributed by atoms with Gasteiger partial charge >= 0.3 is 0 Å². The second-order valence-electron chi connectivity index (χ2n) is 6.52. The Morgan fingerprint density at radius 3 is 2.88 bits per heavy atom. The monoisotopic (exact) mass is 222 g/mol. The van der Waals surface area contributed by atoms with Gasteiger partial charge in [-0.3, -0.25) is 0 Å². The molecule has 4 fully saturated rings. The maximum absolute atomic E-state index is 5.93. The van der Waals surface area contributed by atoms with E-state index >= 15 is 0 Å². The lowest BCUT2D eigenvalue weighted by Gasteiger charge is -2.51. The van der Waals surface area contributed by atoms with Gasteiger partial charge in [-0.2, -0.15) is 0 Å². The molecule has 0 amide bonds. The van der Waals surface area contributed by atoms with Crippen molar-refractivity contribution in [2.75, 3.05) is 0 Å². The summed E-state index contributed by atoms with van der Waals surface area (Å²) in [5, 5.41) is 0. The third-order valence-electron chi connectivity index (χ3n) is 5.78. The molecule has 90 valence electrons. The summed E-state index contributed by atoms with van der Waals surface area (Å²) in [6.07, 6.45) is 12.6. The van der Waals surface area contributed by atoms with Crippen molar-refractivity contribution < 1.29 is 9.78 Å². The summed E-state index contributed by atoms with van der Waals surface area (Å²) < 4.78 is 0. The Balaban J connectivity index is 1.64. The predicted molar refractivity (Wildman–Crippen MR) is 60.7 cm³/mol. The van der Waals surface area contributed by atoms with Gasteiger partial charge in [0.2, 0.25) is 0 Å². The molecule has 1 heterocycles. The molecule has 3 saturated carbocycles. The van der Waals surface area contributed by atoms with Crippen molar-refractivity contribution in [2.24, 2.45) is 17.8 Å². The molecule has 2 heteroatoms. The van der Waals surface area contributed by atoms with Crippen molar-refractivity contribution in [2.45, 2.75) is 69.5 Å². The largest absolute Gasteiger partial charge is 0.233 e. The van der Waals surface area contributed by atoms with Crippen LogP contribution in [0.4, 0.5) is 0 Å². The normalized spacial score (nSPS) is 55.5.